The molecule has 0 aliphatic heterocycles. The highest BCUT2D eigenvalue weighted by Gasteiger charge is 2.28. The van der Waals surface area contributed by atoms with Gasteiger partial charge in [-0.05, 0) is 56.4 Å². The maximum atomic E-state index is 11.6. The molecule has 1 saturated carbocycles. The molecule has 0 radical (unpaired) electrons. The molecule has 2 aromatic heterocycles. The zero-order chi connectivity index (χ0) is 17.2. The minimum absolute atomic E-state index is 0.0945. The monoisotopic (exact) mass is 360 g/mol. The average molecular weight is 360 g/mol. The second-order valence-electron chi connectivity index (χ2n) is 7.12. The van der Waals surface area contributed by atoms with Gasteiger partial charge in [0.1, 0.15) is 17.3 Å². The molecule has 1 amide bonds. The molecule has 0 bridgehead atoms. The standard InChI is InChI=1S/C18H24N4O2S/c19-22-15(23)9-11-6-7-14-13(8-11)16-17(20-10-21-18(16)25-14)24-12-4-2-1-3-5-12/h10-12H,1-9,19H2,(H,22,23)/t11-/m0/s1. The summed E-state index contributed by atoms with van der Waals surface area (Å²) in [4.78, 5) is 22.9. The third-order valence-electron chi connectivity index (χ3n) is 5.37. The number of amides is 1. The van der Waals surface area contributed by atoms with Crippen LogP contribution in [0.5, 0.6) is 5.88 Å². The van der Waals surface area contributed by atoms with Crippen LogP contribution in [0.1, 0.15) is 55.4 Å². The van der Waals surface area contributed by atoms with E-state index in [1.54, 1.807) is 17.7 Å². The number of fused-ring (bicyclic) bond motifs is 3. The first-order valence-corrected chi connectivity index (χ1v) is 9.97. The fourth-order valence-electron chi connectivity index (χ4n) is 4.08. The van der Waals surface area contributed by atoms with Crippen molar-refractivity contribution in [2.75, 3.05) is 0 Å². The lowest BCUT2D eigenvalue weighted by atomic mass is 9.85. The highest BCUT2D eigenvalue weighted by Crippen LogP contribution is 2.41. The molecule has 2 aliphatic carbocycles. The zero-order valence-electron chi connectivity index (χ0n) is 14.3. The molecule has 2 heterocycles. The molecule has 1 atom stereocenters. The Morgan fingerprint density at radius 2 is 2.12 bits per heavy atom. The second kappa shape index (κ2) is 7.25. The van der Waals surface area contributed by atoms with Gasteiger partial charge in [-0.25, -0.2) is 15.8 Å². The molecule has 1 fully saturated rings. The summed E-state index contributed by atoms with van der Waals surface area (Å²) >= 11 is 1.75. The first kappa shape index (κ1) is 16.7. The number of nitrogens with two attached hydrogens (primary N) is 1. The Labute approximate surface area is 151 Å². The molecule has 7 heteroatoms. The van der Waals surface area contributed by atoms with E-state index in [0.29, 0.717) is 12.3 Å². The summed E-state index contributed by atoms with van der Waals surface area (Å²) in [7, 11) is 0. The molecular formula is C18H24N4O2S. The first-order chi connectivity index (χ1) is 12.2. The smallest absolute Gasteiger partial charge is 0.234 e. The fraction of sp³-hybridized carbons (Fsp3) is 0.611. The lowest BCUT2D eigenvalue weighted by Crippen LogP contribution is -2.32. The van der Waals surface area contributed by atoms with E-state index in [9.17, 15) is 4.79 Å². The quantitative estimate of drug-likeness (QED) is 0.497. The van der Waals surface area contributed by atoms with Crippen molar-refractivity contribution in [2.24, 2.45) is 11.8 Å². The molecule has 134 valence electrons. The summed E-state index contributed by atoms with van der Waals surface area (Å²) in [6.07, 6.45) is 11.2. The van der Waals surface area contributed by atoms with Crippen LogP contribution >= 0.6 is 11.3 Å². The van der Waals surface area contributed by atoms with Crippen LogP contribution in [0.2, 0.25) is 0 Å². The van der Waals surface area contributed by atoms with Gasteiger partial charge in [0.05, 0.1) is 5.39 Å². The second-order valence-corrected chi connectivity index (χ2v) is 8.20. The largest absolute Gasteiger partial charge is 0.474 e. The lowest BCUT2D eigenvalue weighted by Gasteiger charge is -2.24. The number of rotatable bonds is 4. The van der Waals surface area contributed by atoms with Gasteiger partial charge in [0.25, 0.3) is 0 Å². The predicted octanol–water partition coefficient (Wildman–Crippen LogP) is 2.89. The van der Waals surface area contributed by atoms with E-state index in [1.165, 1.54) is 29.7 Å². The Morgan fingerprint density at radius 3 is 2.92 bits per heavy atom. The molecule has 2 aliphatic rings. The summed E-state index contributed by atoms with van der Waals surface area (Å²) in [5, 5.41) is 1.07. The van der Waals surface area contributed by atoms with Crippen molar-refractivity contribution >= 4 is 27.5 Å². The number of aromatic nitrogens is 2. The van der Waals surface area contributed by atoms with Crippen LogP contribution < -0.4 is 16.0 Å². The van der Waals surface area contributed by atoms with E-state index in [2.05, 4.69) is 15.4 Å². The van der Waals surface area contributed by atoms with Crippen LogP contribution in [0, 0.1) is 5.92 Å². The normalized spacial score (nSPS) is 21.1. The van der Waals surface area contributed by atoms with Crippen LogP contribution in [0.15, 0.2) is 6.33 Å². The average Bonchev–Trinajstić information content (AvgIpc) is 3.01. The van der Waals surface area contributed by atoms with Crippen molar-refractivity contribution < 1.29 is 9.53 Å². The van der Waals surface area contributed by atoms with Crippen molar-refractivity contribution in [3.05, 3.63) is 16.8 Å². The summed E-state index contributed by atoms with van der Waals surface area (Å²) in [5.74, 6) is 6.20. The molecule has 0 saturated heterocycles. The number of carbonyl (C=O) groups is 1. The molecule has 2 aromatic rings. The maximum Gasteiger partial charge on any atom is 0.234 e. The van der Waals surface area contributed by atoms with Gasteiger partial charge < -0.3 is 4.74 Å². The van der Waals surface area contributed by atoms with Crippen LogP contribution in [0.4, 0.5) is 0 Å². The van der Waals surface area contributed by atoms with Crippen molar-refractivity contribution in [1.29, 1.82) is 0 Å². The first-order valence-electron chi connectivity index (χ1n) is 9.16. The van der Waals surface area contributed by atoms with Gasteiger partial charge in [0.2, 0.25) is 11.8 Å². The van der Waals surface area contributed by atoms with Gasteiger partial charge >= 0.3 is 0 Å². The zero-order valence-corrected chi connectivity index (χ0v) is 15.1. The van der Waals surface area contributed by atoms with Crippen molar-refractivity contribution in [2.45, 2.75) is 63.9 Å². The van der Waals surface area contributed by atoms with E-state index < -0.39 is 0 Å². The molecule has 3 N–H and O–H groups in total. The third kappa shape index (κ3) is 3.48. The molecular weight excluding hydrogens is 336 g/mol. The number of nitrogens with zero attached hydrogens (tertiary/aromatic N) is 2. The number of hydrazine groups is 1. The Morgan fingerprint density at radius 1 is 1.28 bits per heavy atom. The number of ether oxygens (including phenoxy) is 1. The van der Waals surface area contributed by atoms with Crippen molar-refractivity contribution in [3.8, 4) is 5.88 Å². The molecule has 0 aromatic carbocycles. The minimum atomic E-state index is -0.0945. The van der Waals surface area contributed by atoms with Gasteiger partial charge in [-0.3, -0.25) is 10.2 Å². The van der Waals surface area contributed by atoms with Gasteiger partial charge in [0.15, 0.2) is 0 Å². The van der Waals surface area contributed by atoms with Crippen LogP contribution in [0.25, 0.3) is 10.2 Å². The number of carbonyl (C=O) groups excluding carboxylic acids is 1. The Kier molecular flexibility index (Phi) is 4.85. The lowest BCUT2D eigenvalue weighted by molar-refractivity contribution is -0.122. The highest BCUT2D eigenvalue weighted by molar-refractivity contribution is 7.18. The van der Waals surface area contributed by atoms with Gasteiger partial charge in [-0.2, -0.15) is 0 Å². The van der Waals surface area contributed by atoms with Crippen LogP contribution in [-0.4, -0.2) is 22.0 Å². The molecule has 0 spiro atoms. The Hall–Kier alpha value is -1.73. The minimum Gasteiger partial charge on any atom is -0.474 e. The number of nitrogens with one attached hydrogen (secondary N) is 1. The highest BCUT2D eigenvalue weighted by atomic mass is 32.1. The number of hydrogen-bond acceptors (Lipinski definition) is 6. The number of thiophene rings is 1. The van der Waals surface area contributed by atoms with Crippen molar-refractivity contribution in [3.63, 3.8) is 0 Å². The Balaban J connectivity index is 1.62. The van der Waals surface area contributed by atoms with E-state index >= 15 is 0 Å². The number of aryl methyl sites for hydroxylation is 1. The molecule has 25 heavy (non-hydrogen) atoms. The number of hydrogen-bond donors (Lipinski definition) is 2. The van der Waals surface area contributed by atoms with Crippen molar-refractivity contribution in [1.82, 2.24) is 15.4 Å². The maximum absolute atomic E-state index is 11.6. The van der Waals surface area contributed by atoms with E-state index in [4.69, 9.17) is 10.6 Å². The molecule has 6 nitrogen and oxygen atoms in total. The Bertz CT molecular complexity index is 770. The summed E-state index contributed by atoms with van der Waals surface area (Å²) in [6, 6.07) is 0. The van der Waals surface area contributed by atoms with Crippen LogP contribution in [0.3, 0.4) is 0 Å². The van der Waals surface area contributed by atoms with E-state index in [1.807, 2.05) is 0 Å². The van der Waals surface area contributed by atoms with Crippen LogP contribution in [-0.2, 0) is 17.6 Å². The fourth-order valence-corrected chi connectivity index (χ4v) is 5.25. The van der Waals surface area contributed by atoms with Gasteiger partial charge in [0, 0.05) is 11.3 Å². The van der Waals surface area contributed by atoms with E-state index in [-0.39, 0.29) is 12.0 Å². The third-order valence-corrected chi connectivity index (χ3v) is 6.57. The van der Waals surface area contributed by atoms with Gasteiger partial charge in [-0.1, -0.05) is 6.42 Å². The summed E-state index contributed by atoms with van der Waals surface area (Å²) in [5.41, 5.74) is 3.53. The summed E-state index contributed by atoms with van der Waals surface area (Å²) in [6.45, 7) is 0. The summed E-state index contributed by atoms with van der Waals surface area (Å²) < 4.78 is 6.29. The molecule has 4 rings (SSSR count). The SMILES string of the molecule is NNC(=O)C[C@H]1CCc2sc3ncnc(OC4CCCCC4)c3c2C1. The van der Waals surface area contributed by atoms with E-state index in [0.717, 1.165) is 48.2 Å². The predicted molar refractivity (Wildman–Crippen MR) is 97.4 cm³/mol. The van der Waals surface area contributed by atoms with Gasteiger partial charge in [-0.15, -0.1) is 11.3 Å². The topological polar surface area (TPSA) is 90.1 Å². The molecule has 0 unspecified atom stereocenters.